The molecule has 0 unspecified atom stereocenters. The van der Waals surface area contributed by atoms with Gasteiger partial charge in [-0.25, -0.2) is 14.0 Å². The van der Waals surface area contributed by atoms with Gasteiger partial charge in [-0.05, 0) is 34.4 Å². The summed E-state index contributed by atoms with van der Waals surface area (Å²) in [5, 5.41) is 9.74. The van der Waals surface area contributed by atoms with Crippen molar-refractivity contribution in [1.29, 1.82) is 5.26 Å². The zero-order valence-corrected chi connectivity index (χ0v) is 23.8. The summed E-state index contributed by atoms with van der Waals surface area (Å²) in [5.74, 6) is 0. The molecule has 3 aromatic rings. The van der Waals surface area contributed by atoms with Crippen LogP contribution in [-0.2, 0) is 17.5 Å². The zero-order valence-electron chi connectivity index (χ0n) is 21.8. The summed E-state index contributed by atoms with van der Waals surface area (Å²) < 4.78 is 8.64. The third-order valence-electron chi connectivity index (χ3n) is 5.90. The molecule has 10 nitrogen and oxygen atoms in total. The van der Waals surface area contributed by atoms with E-state index >= 15 is 0 Å². The molecule has 12 heteroatoms. The van der Waals surface area contributed by atoms with Crippen LogP contribution in [0.3, 0.4) is 0 Å². The van der Waals surface area contributed by atoms with Crippen molar-refractivity contribution in [1.82, 2.24) is 0 Å². The van der Waals surface area contributed by atoms with Crippen LogP contribution in [0.15, 0.2) is 61.2 Å². The minimum absolute atomic E-state index is 0.0187. The molecule has 0 aliphatic heterocycles. The molecule has 0 saturated carbocycles. The highest BCUT2D eigenvalue weighted by molar-refractivity contribution is 6.56. The summed E-state index contributed by atoms with van der Waals surface area (Å²) in [4.78, 5) is 48.6. The van der Waals surface area contributed by atoms with E-state index in [4.69, 9.17) is 35.0 Å². The summed E-state index contributed by atoms with van der Waals surface area (Å²) in [6.45, 7) is 9.12. The van der Waals surface area contributed by atoms with Gasteiger partial charge in [0.05, 0.1) is 18.2 Å². The lowest BCUT2D eigenvalue weighted by molar-refractivity contribution is -0.697. The van der Waals surface area contributed by atoms with Gasteiger partial charge in [0.15, 0.2) is 37.0 Å². The Morgan fingerprint density at radius 3 is 1.93 bits per heavy atom. The van der Waals surface area contributed by atoms with E-state index in [2.05, 4.69) is 10.9 Å². The number of hydrogen-bond acceptors (Lipinski definition) is 7. The Bertz CT molecular complexity index is 1410. The number of pyridine rings is 2. The standard InChI is InChI=1S/C28H31N4O6Si2/c1-30-28-21-25(6-4-23-10-16-32(17-11-23)13-3-19-40(35,36)37)27(22-29)20-26(28)7-5-24-8-14-31(15-9-24)12-2-18-38-39(33)34/h4-11,14-17,20-21,33-37H,2-3,12-13,18-19H2/q+2/b6-4+,7-5+. The van der Waals surface area contributed by atoms with Crippen LogP contribution in [0.1, 0.15) is 40.7 Å². The molecule has 0 aliphatic rings. The van der Waals surface area contributed by atoms with Gasteiger partial charge in [0.2, 0.25) is 0 Å². The van der Waals surface area contributed by atoms with Gasteiger partial charge < -0.3 is 28.4 Å². The van der Waals surface area contributed by atoms with Crippen LogP contribution >= 0.6 is 0 Å². The number of hydrogen-bond donors (Lipinski definition) is 5. The van der Waals surface area contributed by atoms with Crippen molar-refractivity contribution < 1.29 is 37.5 Å². The molecule has 1 aromatic carbocycles. The lowest BCUT2D eigenvalue weighted by Crippen LogP contribution is -2.38. The second-order valence-corrected chi connectivity index (χ2v) is 11.9. The van der Waals surface area contributed by atoms with Gasteiger partial charge in [-0.3, -0.25) is 0 Å². The number of rotatable bonds is 13. The van der Waals surface area contributed by atoms with Crippen LogP contribution in [0.25, 0.3) is 29.1 Å². The van der Waals surface area contributed by atoms with Crippen LogP contribution in [-0.4, -0.2) is 48.9 Å². The maximum atomic E-state index is 9.74. The molecule has 0 atom stereocenters. The number of nitrogens with zero attached hydrogens (tertiary/aromatic N) is 4. The van der Waals surface area contributed by atoms with E-state index in [0.29, 0.717) is 48.3 Å². The van der Waals surface area contributed by atoms with E-state index in [1.807, 2.05) is 76.4 Å². The van der Waals surface area contributed by atoms with Gasteiger partial charge in [0.25, 0.3) is 0 Å². The van der Waals surface area contributed by atoms with Crippen LogP contribution < -0.4 is 9.13 Å². The first-order chi connectivity index (χ1) is 19.2. The van der Waals surface area contributed by atoms with E-state index in [1.165, 1.54) is 0 Å². The highest BCUT2D eigenvalue weighted by atomic mass is 28.4. The molecule has 0 fully saturated rings. The summed E-state index contributed by atoms with van der Waals surface area (Å²) in [7, 11) is -6.66. The van der Waals surface area contributed by atoms with E-state index in [1.54, 1.807) is 18.2 Å². The van der Waals surface area contributed by atoms with E-state index < -0.39 is 18.3 Å². The smallest absolute Gasteiger partial charge is 0.390 e. The maximum Gasteiger partial charge on any atom is 0.571 e. The first-order valence-electron chi connectivity index (χ1n) is 12.5. The molecule has 205 valence electrons. The summed E-state index contributed by atoms with van der Waals surface area (Å²) in [6, 6.07) is 13.2. The van der Waals surface area contributed by atoms with Crippen molar-refractivity contribution in [3.8, 4) is 6.07 Å². The lowest BCUT2D eigenvalue weighted by atomic mass is 10.0. The van der Waals surface area contributed by atoms with Crippen molar-refractivity contribution >= 4 is 48.3 Å². The van der Waals surface area contributed by atoms with Crippen molar-refractivity contribution in [3.63, 3.8) is 0 Å². The minimum Gasteiger partial charge on any atom is -0.390 e. The van der Waals surface area contributed by atoms with Gasteiger partial charge in [-0.15, -0.1) is 0 Å². The number of nitriles is 1. The first kappa shape index (κ1) is 30.7. The largest absolute Gasteiger partial charge is 0.571 e. The van der Waals surface area contributed by atoms with E-state index in [-0.39, 0.29) is 12.7 Å². The molecule has 0 spiro atoms. The van der Waals surface area contributed by atoms with Crippen LogP contribution in [0.5, 0.6) is 0 Å². The molecule has 0 aliphatic carbocycles. The third-order valence-corrected chi connectivity index (χ3v) is 7.39. The van der Waals surface area contributed by atoms with Crippen LogP contribution in [0, 0.1) is 17.9 Å². The fourth-order valence-electron chi connectivity index (χ4n) is 3.83. The first-order valence-corrected chi connectivity index (χ1v) is 15.9. The third kappa shape index (κ3) is 10.4. The van der Waals surface area contributed by atoms with E-state index in [9.17, 15) is 5.26 Å². The Balaban J connectivity index is 1.67. The Morgan fingerprint density at radius 1 is 0.875 bits per heavy atom. The average Bonchev–Trinajstić information content (AvgIpc) is 2.93. The summed E-state index contributed by atoms with van der Waals surface area (Å²) in [5.41, 5.74) is 3.97. The summed E-state index contributed by atoms with van der Waals surface area (Å²) >= 11 is 0. The van der Waals surface area contributed by atoms with Crippen LogP contribution in [0.4, 0.5) is 5.69 Å². The molecular formula is C28H31N4O6Si2+2. The Hall–Kier alpha value is -3.83. The highest BCUT2D eigenvalue weighted by Crippen LogP contribution is 2.27. The predicted molar refractivity (Wildman–Crippen MR) is 151 cm³/mol. The fourth-order valence-corrected chi connectivity index (χ4v) is 4.79. The lowest BCUT2D eigenvalue weighted by Gasteiger charge is -2.06. The molecule has 0 amide bonds. The topological polar surface area (TPSA) is 146 Å². The average molecular weight is 576 g/mol. The maximum absolute atomic E-state index is 9.74. The molecule has 0 bridgehead atoms. The van der Waals surface area contributed by atoms with Crippen molar-refractivity contribution in [2.75, 3.05) is 6.61 Å². The Kier molecular flexibility index (Phi) is 11.6. The SMILES string of the molecule is [C-]#[N+]c1cc(/C=C/c2cc[n+](CCC[Si](O)(O)O)cc2)c(C#N)cc1/C=C/c1cc[n+](CCCO[Si](O)O)cc1. The van der Waals surface area contributed by atoms with Gasteiger partial charge >= 0.3 is 18.3 Å². The van der Waals surface area contributed by atoms with Gasteiger partial charge in [-0.2, -0.15) is 5.26 Å². The molecule has 2 aromatic heterocycles. The highest BCUT2D eigenvalue weighted by Gasteiger charge is 2.26. The van der Waals surface area contributed by atoms with Gasteiger partial charge in [-0.1, -0.05) is 24.3 Å². The normalized spacial score (nSPS) is 11.8. The number of aryl methyl sites for hydroxylation is 2. The Morgan fingerprint density at radius 2 is 1.43 bits per heavy atom. The fraction of sp³-hybridized carbons (Fsp3) is 0.214. The molecular weight excluding hydrogens is 545 g/mol. The Labute approximate surface area is 236 Å². The van der Waals surface area contributed by atoms with Gasteiger partial charge in [0.1, 0.15) is 6.54 Å². The molecule has 1 radical (unpaired) electrons. The minimum atomic E-state index is -4.02. The van der Waals surface area contributed by atoms with Crippen molar-refractivity contribution in [3.05, 3.63) is 100 Å². The molecule has 2 heterocycles. The number of aromatic nitrogens is 2. The van der Waals surface area contributed by atoms with Crippen molar-refractivity contribution in [2.45, 2.75) is 32.0 Å². The van der Waals surface area contributed by atoms with Crippen LogP contribution in [0.2, 0.25) is 6.04 Å². The quantitative estimate of drug-likeness (QED) is 0.0903. The van der Waals surface area contributed by atoms with Gasteiger partial charge in [0, 0.05) is 49.8 Å². The molecule has 3 rings (SSSR count). The second kappa shape index (κ2) is 15.1. The molecule has 5 N–H and O–H groups in total. The molecule has 40 heavy (non-hydrogen) atoms. The zero-order chi connectivity index (χ0) is 29.0. The summed E-state index contributed by atoms with van der Waals surface area (Å²) in [6.07, 6.45) is 16.0. The second-order valence-electron chi connectivity index (χ2n) is 8.99. The predicted octanol–water partition coefficient (Wildman–Crippen LogP) is 1.71. The number of benzene rings is 1. The monoisotopic (exact) mass is 575 g/mol. The van der Waals surface area contributed by atoms with E-state index in [0.717, 1.165) is 11.1 Å². The van der Waals surface area contributed by atoms with Crippen molar-refractivity contribution in [2.24, 2.45) is 0 Å². The molecule has 0 saturated heterocycles.